The van der Waals surface area contributed by atoms with Gasteiger partial charge in [0.15, 0.2) is 11.9 Å². The number of ether oxygens (including phenoxy) is 1. The highest BCUT2D eigenvalue weighted by Crippen LogP contribution is 2.42. The fourth-order valence-electron chi connectivity index (χ4n) is 4.72. The summed E-state index contributed by atoms with van der Waals surface area (Å²) < 4.78 is 5.71. The first-order valence-electron chi connectivity index (χ1n) is 12.0. The number of hydrogen-bond acceptors (Lipinski definition) is 5. The molecule has 0 bridgehead atoms. The van der Waals surface area contributed by atoms with E-state index in [1.807, 2.05) is 19.9 Å². The summed E-state index contributed by atoms with van der Waals surface area (Å²) in [4.78, 5) is 26.7. The van der Waals surface area contributed by atoms with E-state index in [0.717, 1.165) is 53.7 Å². The van der Waals surface area contributed by atoms with E-state index in [9.17, 15) is 14.7 Å². The number of amides is 1. The third-order valence-corrected chi connectivity index (χ3v) is 8.09. The van der Waals surface area contributed by atoms with E-state index in [4.69, 9.17) is 10.5 Å². The van der Waals surface area contributed by atoms with Crippen molar-refractivity contribution in [2.24, 2.45) is 11.1 Å². The van der Waals surface area contributed by atoms with Crippen LogP contribution in [0.3, 0.4) is 0 Å². The van der Waals surface area contributed by atoms with Crippen molar-refractivity contribution in [1.82, 2.24) is 0 Å². The first-order chi connectivity index (χ1) is 15.6. The van der Waals surface area contributed by atoms with E-state index in [2.05, 4.69) is 26.8 Å². The Labute approximate surface area is 201 Å². The molecule has 0 spiro atoms. The first-order valence-corrected chi connectivity index (χ1v) is 12.8. The lowest BCUT2D eigenvalue weighted by molar-refractivity contribution is -0.127. The molecular weight excluding hydrogens is 434 g/mol. The van der Waals surface area contributed by atoms with Crippen molar-refractivity contribution in [2.45, 2.75) is 85.7 Å². The lowest BCUT2D eigenvalue weighted by Gasteiger charge is -2.30. The predicted molar refractivity (Wildman–Crippen MR) is 133 cm³/mol. The number of carbonyl (C=O) groups is 2. The Bertz CT molecular complexity index is 1040. The van der Waals surface area contributed by atoms with Crippen LogP contribution in [0.5, 0.6) is 5.75 Å². The summed E-state index contributed by atoms with van der Waals surface area (Å²) in [6.07, 6.45) is 4.77. The Morgan fingerprint density at radius 3 is 2.58 bits per heavy atom. The molecule has 0 aliphatic heterocycles. The second-order valence-electron chi connectivity index (χ2n) is 9.91. The predicted octanol–water partition coefficient (Wildman–Crippen LogP) is 4.74. The molecule has 180 valence electrons. The van der Waals surface area contributed by atoms with E-state index >= 15 is 0 Å². The molecule has 1 heterocycles. The van der Waals surface area contributed by atoms with Crippen LogP contribution >= 0.6 is 11.3 Å². The van der Waals surface area contributed by atoms with Crippen LogP contribution in [0.15, 0.2) is 12.1 Å². The van der Waals surface area contributed by atoms with Gasteiger partial charge in [-0.2, -0.15) is 0 Å². The summed E-state index contributed by atoms with van der Waals surface area (Å²) in [7, 11) is 0. The minimum Gasteiger partial charge on any atom is -0.490 e. The highest BCUT2D eigenvalue weighted by atomic mass is 32.1. The van der Waals surface area contributed by atoms with Gasteiger partial charge < -0.3 is 15.6 Å². The fourth-order valence-corrected chi connectivity index (χ4v) is 5.99. The zero-order chi connectivity index (χ0) is 24.3. The molecule has 3 N–H and O–H groups in total. The average Bonchev–Trinajstić information content (AvgIpc) is 3.12. The van der Waals surface area contributed by atoms with Crippen LogP contribution in [-0.2, 0) is 36.9 Å². The van der Waals surface area contributed by atoms with Crippen LogP contribution in [0.2, 0.25) is 0 Å². The van der Waals surface area contributed by atoms with Crippen LogP contribution in [0.25, 0.3) is 0 Å². The smallest absolute Gasteiger partial charge is 0.249 e. The second kappa shape index (κ2) is 10.4. The molecule has 5 nitrogen and oxygen atoms in total. The molecule has 3 rings (SSSR count). The van der Waals surface area contributed by atoms with Gasteiger partial charge in [-0.15, -0.1) is 11.3 Å². The molecule has 0 saturated heterocycles. The van der Waals surface area contributed by atoms with Gasteiger partial charge in [0.1, 0.15) is 12.4 Å². The Morgan fingerprint density at radius 1 is 1.21 bits per heavy atom. The van der Waals surface area contributed by atoms with Crippen LogP contribution in [0, 0.1) is 12.3 Å². The first kappa shape index (κ1) is 25.4. The second-order valence-corrected chi connectivity index (χ2v) is 11.0. The summed E-state index contributed by atoms with van der Waals surface area (Å²) in [5.41, 5.74) is 11.2. The van der Waals surface area contributed by atoms with Gasteiger partial charge in [-0.1, -0.05) is 39.8 Å². The van der Waals surface area contributed by atoms with Crippen LogP contribution < -0.4 is 10.5 Å². The molecular formula is C27H37NO4S. The Morgan fingerprint density at radius 2 is 1.94 bits per heavy atom. The molecule has 1 aliphatic rings. The molecule has 0 radical (unpaired) electrons. The lowest BCUT2D eigenvalue weighted by Crippen LogP contribution is -2.33. The van der Waals surface area contributed by atoms with Gasteiger partial charge in [0, 0.05) is 11.3 Å². The highest BCUT2D eigenvalue weighted by molar-refractivity contribution is 7.14. The molecule has 1 unspecified atom stereocenters. The summed E-state index contributed by atoms with van der Waals surface area (Å²) in [5.74, 6) is 0.123. The molecule has 1 amide bonds. The van der Waals surface area contributed by atoms with E-state index < -0.39 is 12.0 Å². The number of hydrogen-bond donors (Lipinski definition) is 2. The van der Waals surface area contributed by atoms with Gasteiger partial charge in [-0.25, -0.2) is 0 Å². The molecule has 33 heavy (non-hydrogen) atoms. The quantitative estimate of drug-likeness (QED) is 0.490. The summed E-state index contributed by atoms with van der Waals surface area (Å²) in [6, 6.07) is 4.10. The number of aliphatic hydroxyl groups excluding tert-OH is 1. The third-order valence-electron chi connectivity index (χ3n) is 6.63. The maximum atomic E-state index is 13.2. The molecule has 1 atom stereocenters. The minimum atomic E-state index is -1.33. The van der Waals surface area contributed by atoms with E-state index in [0.29, 0.717) is 24.0 Å². The monoisotopic (exact) mass is 471 g/mol. The highest BCUT2D eigenvalue weighted by Gasteiger charge is 2.31. The normalized spacial score (nSPS) is 15.7. The van der Waals surface area contributed by atoms with Gasteiger partial charge in [-0.05, 0) is 78.7 Å². The van der Waals surface area contributed by atoms with Crippen molar-refractivity contribution in [3.05, 3.63) is 49.7 Å². The third kappa shape index (κ3) is 5.85. The minimum absolute atomic E-state index is 0.166. The van der Waals surface area contributed by atoms with E-state index in [-0.39, 0.29) is 12.4 Å². The topological polar surface area (TPSA) is 89.6 Å². The SMILES string of the molecule is CCc1cc(CCC(=O)c2sc(CC)c3c2CCC(C)(C)C3)cc(C)c1OCC(O)C(N)=O. The van der Waals surface area contributed by atoms with Crippen molar-refractivity contribution >= 4 is 23.0 Å². The molecule has 0 fully saturated rings. The molecule has 0 saturated carbocycles. The number of benzene rings is 1. The average molecular weight is 472 g/mol. The lowest BCUT2D eigenvalue weighted by atomic mass is 9.74. The van der Waals surface area contributed by atoms with Gasteiger partial charge in [0.05, 0.1) is 4.88 Å². The summed E-state index contributed by atoms with van der Waals surface area (Å²) in [6.45, 7) is 10.6. The standard InChI is InChI=1S/C27H37NO4S/c1-6-18-13-17(12-16(3)24(18)32-15-22(30)26(28)31)8-9-21(29)25-19-10-11-27(4,5)14-20(19)23(7-2)33-25/h12-13,22,30H,6-11,14-15H2,1-5H3,(H2,28,31). The van der Waals surface area contributed by atoms with Gasteiger partial charge in [0.25, 0.3) is 0 Å². The Kier molecular flexibility index (Phi) is 8.01. The fraction of sp³-hybridized carbons (Fsp3) is 0.556. The zero-order valence-corrected chi connectivity index (χ0v) is 21.4. The number of fused-ring (bicyclic) bond motifs is 1. The number of primary amides is 1. The van der Waals surface area contributed by atoms with E-state index in [1.54, 1.807) is 11.3 Å². The van der Waals surface area contributed by atoms with E-state index in [1.165, 1.54) is 16.0 Å². The maximum absolute atomic E-state index is 13.2. The van der Waals surface area contributed by atoms with Crippen LogP contribution in [-0.4, -0.2) is 29.5 Å². The number of aliphatic hydroxyl groups is 1. The zero-order valence-electron chi connectivity index (χ0n) is 20.5. The Hall–Kier alpha value is -2.18. The summed E-state index contributed by atoms with van der Waals surface area (Å²) >= 11 is 1.71. The molecule has 1 aliphatic carbocycles. The maximum Gasteiger partial charge on any atom is 0.249 e. The molecule has 1 aromatic carbocycles. The van der Waals surface area contributed by atoms with Gasteiger partial charge in [-0.3, -0.25) is 9.59 Å². The largest absolute Gasteiger partial charge is 0.490 e. The number of aryl methyl sites for hydroxylation is 4. The van der Waals surface area contributed by atoms with Crippen molar-refractivity contribution in [1.29, 1.82) is 0 Å². The van der Waals surface area contributed by atoms with Crippen molar-refractivity contribution in [2.75, 3.05) is 6.61 Å². The number of rotatable bonds is 10. The number of carbonyl (C=O) groups excluding carboxylic acids is 2. The molecule has 2 aromatic rings. The van der Waals surface area contributed by atoms with Gasteiger partial charge >= 0.3 is 0 Å². The number of thiophene rings is 1. The van der Waals surface area contributed by atoms with Gasteiger partial charge in [0.2, 0.25) is 5.91 Å². The van der Waals surface area contributed by atoms with Crippen molar-refractivity contribution < 1.29 is 19.4 Å². The van der Waals surface area contributed by atoms with Crippen LogP contribution in [0.1, 0.15) is 82.9 Å². The number of nitrogens with two attached hydrogens (primary N) is 1. The molecule has 6 heteroatoms. The number of Topliss-reactive ketones (excluding diaryl/α,β-unsaturated/α-hetero) is 1. The molecule has 1 aromatic heterocycles. The summed E-state index contributed by atoms with van der Waals surface area (Å²) in [5, 5.41) is 9.65. The number of ketones is 1. The van der Waals surface area contributed by atoms with Crippen molar-refractivity contribution in [3.63, 3.8) is 0 Å². The van der Waals surface area contributed by atoms with Crippen LogP contribution in [0.4, 0.5) is 0 Å². The van der Waals surface area contributed by atoms with Crippen molar-refractivity contribution in [3.8, 4) is 5.75 Å². The Balaban J connectivity index is 1.74.